The number of benzene rings is 2. The molecule has 0 fully saturated rings. The first kappa shape index (κ1) is 16.1. The van der Waals surface area contributed by atoms with E-state index >= 15 is 0 Å². The molecule has 0 heterocycles. The number of halogens is 2. The molecule has 0 aromatic heterocycles. The average Bonchev–Trinajstić information content (AvgIpc) is 2.52. The van der Waals surface area contributed by atoms with Crippen LogP contribution in [0.5, 0.6) is 0 Å². The highest BCUT2D eigenvalue weighted by Crippen LogP contribution is 2.21. The van der Waals surface area contributed by atoms with Crippen molar-refractivity contribution in [2.24, 2.45) is 0 Å². The number of para-hydroxylation sites is 1. The lowest BCUT2D eigenvalue weighted by atomic mass is 10.2. The van der Waals surface area contributed by atoms with Gasteiger partial charge < -0.3 is 10.6 Å². The summed E-state index contributed by atoms with van der Waals surface area (Å²) < 4.78 is 0.835. The molecule has 6 heteroatoms. The Morgan fingerprint density at radius 2 is 1.86 bits per heavy atom. The zero-order valence-electron chi connectivity index (χ0n) is 11.3. The molecule has 110 valence electrons. The summed E-state index contributed by atoms with van der Waals surface area (Å²) in [6.07, 6.45) is 1.37. The van der Waals surface area contributed by atoms with E-state index in [2.05, 4.69) is 26.6 Å². The van der Waals surface area contributed by atoms with Crippen LogP contribution in [0.2, 0.25) is 5.02 Å². The van der Waals surface area contributed by atoms with Crippen molar-refractivity contribution in [1.29, 1.82) is 5.26 Å². The molecule has 1 amide bonds. The van der Waals surface area contributed by atoms with Gasteiger partial charge in [-0.3, -0.25) is 4.79 Å². The number of nitriles is 1. The first-order chi connectivity index (χ1) is 10.6. The van der Waals surface area contributed by atoms with E-state index < -0.39 is 5.91 Å². The molecule has 2 N–H and O–H groups in total. The fourth-order valence-corrected chi connectivity index (χ4v) is 2.13. The Kier molecular flexibility index (Phi) is 5.59. The predicted octanol–water partition coefficient (Wildman–Crippen LogP) is 4.56. The van der Waals surface area contributed by atoms with Gasteiger partial charge in [0.15, 0.2) is 0 Å². The molecule has 0 spiro atoms. The average molecular weight is 377 g/mol. The molecule has 0 bridgehead atoms. The molecule has 0 aliphatic carbocycles. The number of carbonyl (C=O) groups excluding carboxylic acids is 1. The van der Waals surface area contributed by atoms with Crippen molar-refractivity contribution in [1.82, 2.24) is 0 Å². The second-order valence-electron chi connectivity index (χ2n) is 4.26. The van der Waals surface area contributed by atoms with Gasteiger partial charge >= 0.3 is 0 Å². The summed E-state index contributed by atoms with van der Waals surface area (Å²) in [5, 5.41) is 15.2. The third-order valence-electron chi connectivity index (χ3n) is 2.71. The monoisotopic (exact) mass is 375 g/mol. The van der Waals surface area contributed by atoms with Crippen LogP contribution < -0.4 is 10.6 Å². The maximum absolute atomic E-state index is 12.0. The largest absolute Gasteiger partial charge is 0.359 e. The summed E-state index contributed by atoms with van der Waals surface area (Å²) in [5.41, 5.74) is 1.29. The van der Waals surface area contributed by atoms with E-state index in [4.69, 9.17) is 16.9 Å². The van der Waals surface area contributed by atoms with Crippen LogP contribution in [0.15, 0.2) is 64.8 Å². The van der Waals surface area contributed by atoms with E-state index in [1.165, 1.54) is 6.20 Å². The third kappa shape index (κ3) is 4.35. The van der Waals surface area contributed by atoms with Gasteiger partial charge in [0.25, 0.3) is 5.91 Å². The Labute approximate surface area is 141 Å². The van der Waals surface area contributed by atoms with E-state index in [9.17, 15) is 4.79 Å². The molecule has 0 aliphatic heterocycles. The lowest BCUT2D eigenvalue weighted by Gasteiger charge is -2.06. The summed E-state index contributed by atoms with van der Waals surface area (Å²) in [5.74, 6) is -0.496. The Balaban J connectivity index is 2.09. The molecule has 2 aromatic rings. The standard InChI is InChI=1S/C16H11BrClN3O/c17-14-3-1-2-4-15(14)20-10-11(9-19)16(22)21-13-7-5-12(18)6-8-13/h1-8,10,20H,(H,21,22)/b11-10-. The van der Waals surface area contributed by atoms with Gasteiger partial charge in [0, 0.05) is 21.4 Å². The Morgan fingerprint density at radius 1 is 1.18 bits per heavy atom. The van der Waals surface area contributed by atoms with Gasteiger partial charge in [-0.2, -0.15) is 5.26 Å². The van der Waals surface area contributed by atoms with E-state index in [1.54, 1.807) is 24.3 Å². The molecular weight excluding hydrogens is 366 g/mol. The normalized spacial score (nSPS) is 10.7. The molecule has 0 saturated heterocycles. The van der Waals surface area contributed by atoms with Gasteiger partial charge in [-0.1, -0.05) is 23.7 Å². The van der Waals surface area contributed by atoms with Crippen LogP contribution in [-0.4, -0.2) is 5.91 Å². The highest BCUT2D eigenvalue weighted by Gasteiger charge is 2.09. The fourth-order valence-electron chi connectivity index (χ4n) is 1.61. The van der Waals surface area contributed by atoms with Crippen LogP contribution in [0.25, 0.3) is 0 Å². The van der Waals surface area contributed by atoms with Gasteiger partial charge in [-0.15, -0.1) is 0 Å². The lowest BCUT2D eigenvalue weighted by molar-refractivity contribution is -0.112. The molecule has 0 unspecified atom stereocenters. The quantitative estimate of drug-likeness (QED) is 0.607. The number of nitrogens with one attached hydrogen (secondary N) is 2. The van der Waals surface area contributed by atoms with Crippen LogP contribution in [0.4, 0.5) is 11.4 Å². The third-order valence-corrected chi connectivity index (χ3v) is 3.66. The first-order valence-electron chi connectivity index (χ1n) is 6.28. The minimum Gasteiger partial charge on any atom is -0.359 e. The van der Waals surface area contributed by atoms with Gasteiger partial charge in [0.1, 0.15) is 11.6 Å². The van der Waals surface area contributed by atoms with Crippen molar-refractivity contribution >= 4 is 44.8 Å². The second-order valence-corrected chi connectivity index (χ2v) is 5.55. The van der Waals surface area contributed by atoms with Crippen molar-refractivity contribution in [2.75, 3.05) is 10.6 Å². The molecule has 2 aromatic carbocycles. The van der Waals surface area contributed by atoms with Crippen LogP contribution >= 0.6 is 27.5 Å². The van der Waals surface area contributed by atoms with Crippen molar-refractivity contribution in [3.8, 4) is 6.07 Å². The first-order valence-corrected chi connectivity index (χ1v) is 7.45. The fraction of sp³-hybridized carbons (Fsp3) is 0. The highest BCUT2D eigenvalue weighted by atomic mass is 79.9. The molecule has 2 rings (SSSR count). The van der Waals surface area contributed by atoms with Crippen molar-refractivity contribution in [3.63, 3.8) is 0 Å². The molecule has 0 saturated carbocycles. The number of rotatable bonds is 4. The van der Waals surface area contributed by atoms with Gasteiger partial charge in [0.2, 0.25) is 0 Å². The van der Waals surface area contributed by atoms with Crippen LogP contribution in [0.3, 0.4) is 0 Å². The van der Waals surface area contributed by atoms with E-state index in [1.807, 2.05) is 30.3 Å². The van der Waals surface area contributed by atoms with Crippen LogP contribution in [0, 0.1) is 11.3 Å². The minimum absolute atomic E-state index is 0.0364. The number of hydrogen-bond donors (Lipinski definition) is 2. The molecular formula is C16H11BrClN3O. The molecule has 4 nitrogen and oxygen atoms in total. The van der Waals surface area contributed by atoms with E-state index in [0.717, 1.165) is 10.2 Å². The summed E-state index contributed by atoms with van der Waals surface area (Å²) in [7, 11) is 0. The zero-order chi connectivity index (χ0) is 15.9. The molecule has 22 heavy (non-hydrogen) atoms. The zero-order valence-corrected chi connectivity index (χ0v) is 13.6. The van der Waals surface area contributed by atoms with Gasteiger partial charge in [0.05, 0.1) is 5.69 Å². The number of anilines is 2. The smallest absolute Gasteiger partial charge is 0.267 e. The second kappa shape index (κ2) is 7.64. The lowest BCUT2D eigenvalue weighted by Crippen LogP contribution is -2.14. The molecule has 0 aliphatic rings. The minimum atomic E-state index is -0.496. The number of carbonyl (C=O) groups is 1. The Morgan fingerprint density at radius 3 is 2.50 bits per heavy atom. The topological polar surface area (TPSA) is 64.9 Å². The summed E-state index contributed by atoms with van der Waals surface area (Å²) in [6, 6.07) is 15.9. The summed E-state index contributed by atoms with van der Waals surface area (Å²) in [4.78, 5) is 12.0. The molecule has 0 radical (unpaired) electrons. The Bertz CT molecular complexity index is 751. The maximum Gasteiger partial charge on any atom is 0.267 e. The van der Waals surface area contributed by atoms with Crippen molar-refractivity contribution in [3.05, 3.63) is 69.8 Å². The predicted molar refractivity (Wildman–Crippen MR) is 91.5 cm³/mol. The maximum atomic E-state index is 12.0. The van der Waals surface area contributed by atoms with Crippen LogP contribution in [0.1, 0.15) is 0 Å². The van der Waals surface area contributed by atoms with Crippen LogP contribution in [-0.2, 0) is 4.79 Å². The summed E-state index contributed by atoms with van der Waals surface area (Å²) >= 11 is 9.16. The number of nitrogens with zero attached hydrogens (tertiary/aromatic N) is 1. The van der Waals surface area contributed by atoms with Crippen molar-refractivity contribution < 1.29 is 4.79 Å². The van der Waals surface area contributed by atoms with Crippen molar-refractivity contribution in [2.45, 2.75) is 0 Å². The number of amides is 1. The van der Waals surface area contributed by atoms with Gasteiger partial charge in [-0.25, -0.2) is 0 Å². The van der Waals surface area contributed by atoms with Gasteiger partial charge in [-0.05, 0) is 52.3 Å². The molecule has 0 atom stereocenters. The SMILES string of the molecule is N#C/C(=C/Nc1ccccc1Br)C(=O)Nc1ccc(Cl)cc1. The number of hydrogen-bond acceptors (Lipinski definition) is 3. The highest BCUT2D eigenvalue weighted by molar-refractivity contribution is 9.10. The Hall–Kier alpha value is -2.29. The van der Waals surface area contributed by atoms with E-state index in [-0.39, 0.29) is 5.57 Å². The summed E-state index contributed by atoms with van der Waals surface area (Å²) in [6.45, 7) is 0. The van der Waals surface area contributed by atoms with E-state index in [0.29, 0.717) is 10.7 Å².